The van der Waals surface area contributed by atoms with Gasteiger partial charge < -0.3 is 15.4 Å². The third-order valence-electron chi connectivity index (χ3n) is 3.46. The van der Waals surface area contributed by atoms with E-state index >= 15 is 0 Å². The Morgan fingerprint density at radius 3 is 2.50 bits per heavy atom. The summed E-state index contributed by atoms with van der Waals surface area (Å²) in [5.41, 5.74) is 0.901. The van der Waals surface area contributed by atoms with Crippen LogP contribution in [0.15, 0.2) is 60.7 Å². The van der Waals surface area contributed by atoms with Crippen LogP contribution in [-0.4, -0.2) is 31.0 Å². The summed E-state index contributed by atoms with van der Waals surface area (Å²) in [6.07, 6.45) is 3.06. The van der Waals surface area contributed by atoms with Gasteiger partial charge in [0.05, 0.1) is 6.54 Å². The number of nitrogens with one attached hydrogen (secondary N) is 2. The van der Waals surface area contributed by atoms with E-state index in [1.807, 2.05) is 30.3 Å². The lowest BCUT2D eigenvalue weighted by atomic mass is 10.2. The van der Waals surface area contributed by atoms with Crippen LogP contribution in [0, 0.1) is 5.82 Å². The van der Waals surface area contributed by atoms with Gasteiger partial charge in [-0.05, 0) is 42.8 Å². The molecule has 0 saturated heterocycles. The van der Waals surface area contributed by atoms with E-state index in [4.69, 9.17) is 4.74 Å². The third kappa shape index (κ3) is 6.76. The first-order valence-corrected chi connectivity index (χ1v) is 8.24. The second-order valence-electron chi connectivity index (χ2n) is 5.57. The molecule has 5 nitrogen and oxygen atoms in total. The van der Waals surface area contributed by atoms with E-state index in [0.717, 1.165) is 5.56 Å². The zero-order valence-electron chi connectivity index (χ0n) is 14.4. The lowest BCUT2D eigenvalue weighted by Gasteiger charge is -2.13. The van der Waals surface area contributed by atoms with Gasteiger partial charge in [-0.25, -0.2) is 4.39 Å². The molecule has 26 heavy (non-hydrogen) atoms. The van der Waals surface area contributed by atoms with E-state index in [1.54, 1.807) is 13.0 Å². The summed E-state index contributed by atoms with van der Waals surface area (Å²) < 4.78 is 18.2. The SMILES string of the molecule is CC(NC(=O)/C=C/c1ccccc1)C(=O)NCCOc1ccc(F)cc1. The van der Waals surface area contributed by atoms with Gasteiger partial charge in [0.25, 0.3) is 0 Å². The summed E-state index contributed by atoms with van der Waals surface area (Å²) in [7, 11) is 0. The fraction of sp³-hybridized carbons (Fsp3) is 0.200. The van der Waals surface area contributed by atoms with E-state index in [9.17, 15) is 14.0 Å². The molecule has 2 N–H and O–H groups in total. The normalized spacial score (nSPS) is 11.8. The first kappa shape index (κ1) is 19.2. The topological polar surface area (TPSA) is 67.4 Å². The quantitative estimate of drug-likeness (QED) is 0.564. The minimum atomic E-state index is -0.672. The lowest BCUT2D eigenvalue weighted by Crippen LogP contribution is -2.45. The van der Waals surface area contributed by atoms with Gasteiger partial charge in [0.2, 0.25) is 11.8 Å². The number of carbonyl (C=O) groups excluding carboxylic acids is 2. The van der Waals surface area contributed by atoms with Gasteiger partial charge >= 0.3 is 0 Å². The van der Waals surface area contributed by atoms with Crippen molar-refractivity contribution in [3.63, 3.8) is 0 Å². The zero-order chi connectivity index (χ0) is 18.8. The highest BCUT2D eigenvalue weighted by molar-refractivity contribution is 5.95. The maximum absolute atomic E-state index is 12.8. The highest BCUT2D eigenvalue weighted by Crippen LogP contribution is 2.10. The maximum Gasteiger partial charge on any atom is 0.244 e. The molecule has 0 aliphatic heterocycles. The molecular formula is C20H21FN2O3. The van der Waals surface area contributed by atoms with Gasteiger partial charge in [-0.15, -0.1) is 0 Å². The molecule has 136 valence electrons. The summed E-state index contributed by atoms with van der Waals surface area (Å²) in [5.74, 6) is -0.474. The lowest BCUT2D eigenvalue weighted by molar-refractivity contribution is -0.126. The van der Waals surface area contributed by atoms with Gasteiger partial charge in [0.1, 0.15) is 24.2 Å². The monoisotopic (exact) mass is 356 g/mol. The van der Waals surface area contributed by atoms with E-state index in [2.05, 4.69) is 10.6 Å². The average Bonchev–Trinajstić information content (AvgIpc) is 2.65. The van der Waals surface area contributed by atoms with E-state index < -0.39 is 6.04 Å². The molecule has 1 unspecified atom stereocenters. The van der Waals surface area contributed by atoms with Crippen LogP contribution >= 0.6 is 0 Å². The average molecular weight is 356 g/mol. The zero-order valence-corrected chi connectivity index (χ0v) is 14.4. The number of carbonyl (C=O) groups is 2. The van der Waals surface area contributed by atoms with Gasteiger partial charge in [-0.1, -0.05) is 30.3 Å². The smallest absolute Gasteiger partial charge is 0.244 e. The summed E-state index contributed by atoms with van der Waals surface area (Å²) in [4.78, 5) is 23.8. The van der Waals surface area contributed by atoms with Crippen LogP contribution in [0.1, 0.15) is 12.5 Å². The Kier molecular flexibility index (Phi) is 7.36. The van der Waals surface area contributed by atoms with Crippen molar-refractivity contribution in [1.29, 1.82) is 0 Å². The molecule has 0 saturated carbocycles. The van der Waals surface area contributed by atoms with E-state index in [1.165, 1.54) is 30.3 Å². The number of ether oxygens (including phenoxy) is 1. The Labute approximate surface area is 151 Å². The van der Waals surface area contributed by atoms with E-state index in [0.29, 0.717) is 5.75 Å². The fourth-order valence-corrected chi connectivity index (χ4v) is 2.09. The van der Waals surface area contributed by atoms with Crippen LogP contribution in [0.4, 0.5) is 4.39 Å². The Morgan fingerprint density at radius 2 is 1.81 bits per heavy atom. The molecule has 2 rings (SSSR count). The minimum Gasteiger partial charge on any atom is -0.492 e. The maximum atomic E-state index is 12.8. The molecule has 0 aromatic heterocycles. The molecule has 1 atom stereocenters. The third-order valence-corrected chi connectivity index (χ3v) is 3.46. The Bertz CT molecular complexity index is 745. The molecule has 0 aliphatic carbocycles. The molecule has 6 heteroatoms. The molecule has 0 spiro atoms. The number of benzene rings is 2. The fourth-order valence-electron chi connectivity index (χ4n) is 2.09. The summed E-state index contributed by atoms with van der Waals surface area (Å²) >= 11 is 0. The Balaban J connectivity index is 1.67. The highest BCUT2D eigenvalue weighted by atomic mass is 19.1. The van der Waals surface area contributed by atoms with Gasteiger partial charge in [-0.2, -0.15) is 0 Å². The van der Waals surface area contributed by atoms with Crippen molar-refractivity contribution in [3.8, 4) is 5.75 Å². The summed E-state index contributed by atoms with van der Waals surface area (Å²) in [6.45, 7) is 2.12. The van der Waals surface area contributed by atoms with Crippen molar-refractivity contribution in [2.75, 3.05) is 13.2 Å². The van der Waals surface area contributed by atoms with Crippen LogP contribution in [-0.2, 0) is 9.59 Å². The predicted octanol–water partition coefficient (Wildman–Crippen LogP) is 2.54. The molecular weight excluding hydrogens is 335 g/mol. The molecule has 0 fully saturated rings. The first-order valence-electron chi connectivity index (χ1n) is 8.24. The second kappa shape index (κ2) is 9.98. The van der Waals surface area contributed by atoms with Gasteiger partial charge in [0.15, 0.2) is 0 Å². The Hall–Kier alpha value is -3.15. The van der Waals surface area contributed by atoms with Crippen LogP contribution < -0.4 is 15.4 Å². The van der Waals surface area contributed by atoms with Crippen LogP contribution in [0.3, 0.4) is 0 Å². The molecule has 0 radical (unpaired) electrons. The summed E-state index contributed by atoms with van der Waals surface area (Å²) in [5, 5.41) is 5.26. The largest absolute Gasteiger partial charge is 0.492 e. The van der Waals surface area contributed by atoms with Crippen molar-refractivity contribution in [2.45, 2.75) is 13.0 Å². The van der Waals surface area contributed by atoms with Crippen molar-refractivity contribution >= 4 is 17.9 Å². The minimum absolute atomic E-state index is 0.242. The number of amides is 2. The van der Waals surface area contributed by atoms with Crippen LogP contribution in [0.2, 0.25) is 0 Å². The number of rotatable bonds is 8. The number of hydrogen-bond acceptors (Lipinski definition) is 3. The molecule has 2 aromatic rings. The van der Waals surface area contributed by atoms with Crippen LogP contribution in [0.5, 0.6) is 5.75 Å². The van der Waals surface area contributed by atoms with Crippen molar-refractivity contribution in [1.82, 2.24) is 10.6 Å². The molecule has 0 heterocycles. The standard InChI is InChI=1S/C20H21FN2O3/c1-15(23-19(24)12-7-16-5-3-2-4-6-16)20(25)22-13-14-26-18-10-8-17(21)9-11-18/h2-12,15H,13-14H2,1H3,(H,22,25)(H,23,24)/b12-7+. The summed E-state index contributed by atoms with van der Waals surface area (Å²) in [6, 6.07) is 14.4. The first-order chi connectivity index (χ1) is 12.5. The number of halogens is 1. The molecule has 0 aliphatic rings. The highest BCUT2D eigenvalue weighted by Gasteiger charge is 2.13. The second-order valence-corrected chi connectivity index (χ2v) is 5.57. The van der Waals surface area contributed by atoms with Crippen molar-refractivity contribution < 1.29 is 18.7 Å². The van der Waals surface area contributed by atoms with Gasteiger partial charge in [-0.3, -0.25) is 9.59 Å². The van der Waals surface area contributed by atoms with Gasteiger partial charge in [0, 0.05) is 6.08 Å². The number of hydrogen-bond donors (Lipinski definition) is 2. The molecule has 2 amide bonds. The predicted molar refractivity (Wildman–Crippen MR) is 98.0 cm³/mol. The van der Waals surface area contributed by atoms with Crippen molar-refractivity contribution in [2.24, 2.45) is 0 Å². The van der Waals surface area contributed by atoms with Crippen LogP contribution in [0.25, 0.3) is 6.08 Å². The Morgan fingerprint density at radius 1 is 1.12 bits per heavy atom. The van der Waals surface area contributed by atoms with E-state index in [-0.39, 0.29) is 30.8 Å². The molecule has 0 bridgehead atoms. The van der Waals surface area contributed by atoms with Crippen molar-refractivity contribution in [3.05, 3.63) is 72.1 Å². The molecule has 2 aromatic carbocycles.